The van der Waals surface area contributed by atoms with Gasteiger partial charge < -0.3 is 25.6 Å². The van der Waals surface area contributed by atoms with Crippen molar-refractivity contribution in [2.45, 2.75) is 18.9 Å². The third-order valence-corrected chi connectivity index (χ3v) is 3.15. The standard InChI is InChI=1S/C12H17N5O4/c18-10(19)7-8-11(20)15-5-6-17(8)12(21)16-2-1-9-13-3-4-14-9/h3-4,8H,1-2,5-7H2,(H,13,14)(H,15,20)(H,16,21)(H,18,19). The molecule has 1 fully saturated rings. The largest absolute Gasteiger partial charge is 0.481 e. The van der Waals surface area contributed by atoms with E-state index in [-0.39, 0.29) is 6.54 Å². The molecule has 9 nitrogen and oxygen atoms in total. The number of piperazine rings is 1. The summed E-state index contributed by atoms with van der Waals surface area (Å²) in [6, 6.07) is -1.41. The number of hydrogen-bond donors (Lipinski definition) is 4. The monoisotopic (exact) mass is 295 g/mol. The van der Waals surface area contributed by atoms with Crippen LogP contribution in [0.15, 0.2) is 12.4 Å². The Morgan fingerprint density at radius 3 is 3.00 bits per heavy atom. The van der Waals surface area contributed by atoms with Crippen LogP contribution in [0.3, 0.4) is 0 Å². The zero-order valence-electron chi connectivity index (χ0n) is 11.3. The number of H-pyrrole nitrogens is 1. The number of carbonyl (C=O) groups excluding carboxylic acids is 2. The van der Waals surface area contributed by atoms with Crippen LogP contribution in [0, 0.1) is 0 Å². The number of aromatic amines is 1. The highest BCUT2D eigenvalue weighted by Crippen LogP contribution is 2.09. The Hall–Kier alpha value is -2.58. The van der Waals surface area contributed by atoms with Crippen molar-refractivity contribution in [1.29, 1.82) is 0 Å². The predicted molar refractivity (Wildman–Crippen MR) is 71.4 cm³/mol. The molecule has 1 unspecified atom stereocenters. The van der Waals surface area contributed by atoms with Gasteiger partial charge in [0, 0.05) is 38.4 Å². The van der Waals surface area contributed by atoms with Crippen LogP contribution in [-0.4, -0.2) is 63.6 Å². The molecule has 2 rings (SSSR count). The summed E-state index contributed by atoms with van der Waals surface area (Å²) in [5.74, 6) is -0.816. The second-order valence-electron chi connectivity index (χ2n) is 4.62. The van der Waals surface area contributed by atoms with Gasteiger partial charge in [-0.1, -0.05) is 0 Å². The lowest BCUT2D eigenvalue weighted by Gasteiger charge is -2.34. The molecule has 0 saturated carbocycles. The van der Waals surface area contributed by atoms with Crippen LogP contribution in [0.25, 0.3) is 0 Å². The van der Waals surface area contributed by atoms with Gasteiger partial charge in [0.2, 0.25) is 5.91 Å². The lowest BCUT2D eigenvalue weighted by molar-refractivity contribution is -0.142. The molecular weight excluding hydrogens is 278 g/mol. The summed E-state index contributed by atoms with van der Waals surface area (Å²) in [7, 11) is 0. The van der Waals surface area contributed by atoms with Crippen LogP contribution in [0.5, 0.6) is 0 Å². The van der Waals surface area contributed by atoms with E-state index < -0.39 is 30.4 Å². The van der Waals surface area contributed by atoms with Gasteiger partial charge in [-0.25, -0.2) is 9.78 Å². The van der Waals surface area contributed by atoms with Crippen molar-refractivity contribution in [3.63, 3.8) is 0 Å². The van der Waals surface area contributed by atoms with Crippen molar-refractivity contribution in [1.82, 2.24) is 25.5 Å². The van der Waals surface area contributed by atoms with Crippen LogP contribution in [0.1, 0.15) is 12.2 Å². The van der Waals surface area contributed by atoms with E-state index >= 15 is 0 Å². The molecule has 1 aromatic heterocycles. The summed E-state index contributed by atoms with van der Waals surface area (Å²) < 4.78 is 0. The molecule has 1 aliphatic heterocycles. The van der Waals surface area contributed by atoms with Crippen LogP contribution in [-0.2, 0) is 16.0 Å². The van der Waals surface area contributed by atoms with Crippen molar-refractivity contribution in [3.8, 4) is 0 Å². The molecule has 9 heteroatoms. The van der Waals surface area contributed by atoms with Gasteiger partial charge >= 0.3 is 12.0 Å². The summed E-state index contributed by atoms with van der Waals surface area (Å²) in [5.41, 5.74) is 0. The van der Waals surface area contributed by atoms with Crippen molar-refractivity contribution < 1.29 is 19.5 Å². The Balaban J connectivity index is 1.88. The number of carboxylic acids is 1. The third-order valence-electron chi connectivity index (χ3n) is 3.15. The molecule has 1 atom stereocenters. The number of hydrogen-bond acceptors (Lipinski definition) is 4. The van der Waals surface area contributed by atoms with Crippen molar-refractivity contribution in [2.24, 2.45) is 0 Å². The molecule has 3 amide bonds. The molecular formula is C12H17N5O4. The van der Waals surface area contributed by atoms with Crippen LogP contribution in [0.4, 0.5) is 4.79 Å². The number of rotatable bonds is 5. The number of aliphatic carboxylic acids is 1. The van der Waals surface area contributed by atoms with E-state index in [1.807, 2.05) is 0 Å². The van der Waals surface area contributed by atoms with Crippen LogP contribution < -0.4 is 10.6 Å². The number of urea groups is 1. The molecule has 1 aliphatic rings. The fourth-order valence-corrected chi connectivity index (χ4v) is 2.15. The number of carbonyl (C=O) groups is 3. The van der Waals surface area contributed by atoms with Gasteiger partial charge in [0.05, 0.1) is 6.42 Å². The zero-order chi connectivity index (χ0) is 15.2. The van der Waals surface area contributed by atoms with Gasteiger partial charge in [-0.3, -0.25) is 9.59 Å². The first-order valence-corrected chi connectivity index (χ1v) is 6.60. The van der Waals surface area contributed by atoms with Gasteiger partial charge in [0.15, 0.2) is 0 Å². The highest BCUT2D eigenvalue weighted by molar-refractivity contribution is 5.91. The fourth-order valence-electron chi connectivity index (χ4n) is 2.15. The molecule has 0 radical (unpaired) electrons. The average molecular weight is 295 g/mol. The molecule has 0 aromatic carbocycles. The maximum Gasteiger partial charge on any atom is 0.318 e. The lowest BCUT2D eigenvalue weighted by atomic mass is 10.1. The second-order valence-corrected chi connectivity index (χ2v) is 4.62. The number of amides is 3. The van der Waals surface area contributed by atoms with Crippen molar-refractivity contribution in [3.05, 3.63) is 18.2 Å². The van der Waals surface area contributed by atoms with Gasteiger partial charge in [-0.2, -0.15) is 0 Å². The first-order chi connectivity index (χ1) is 10.1. The van der Waals surface area contributed by atoms with Gasteiger partial charge in [0.25, 0.3) is 0 Å². The Morgan fingerprint density at radius 2 is 2.33 bits per heavy atom. The Labute approximate surface area is 120 Å². The minimum absolute atomic E-state index is 0.288. The SMILES string of the molecule is O=C(O)CC1C(=O)NCCN1C(=O)NCCc1ncc[nH]1. The molecule has 1 aromatic rings. The van der Waals surface area contributed by atoms with Crippen molar-refractivity contribution >= 4 is 17.9 Å². The molecule has 0 aliphatic carbocycles. The van der Waals surface area contributed by atoms with E-state index in [1.54, 1.807) is 12.4 Å². The Bertz CT molecular complexity index is 516. The number of nitrogens with one attached hydrogen (secondary N) is 3. The molecule has 0 spiro atoms. The Kier molecular flexibility index (Phi) is 4.75. The minimum atomic E-state index is -1.12. The fraction of sp³-hybridized carbons (Fsp3) is 0.500. The topological polar surface area (TPSA) is 127 Å². The summed E-state index contributed by atoms with van der Waals surface area (Å²) in [6.45, 7) is 0.959. The van der Waals surface area contributed by atoms with Crippen molar-refractivity contribution in [2.75, 3.05) is 19.6 Å². The summed E-state index contributed by atoms with van der Waals surface area (Å²) in [5, 5.41) is 14.1. The normalized spacial score (nSPS) is 18.2. The van der Waals surface area contributed by atoms with Gasteiger partial charge in [0.1, 0.15) is 11.9 Å². The molecule has 21 heavy (non-hydrogen) atoms. The maximum atomic E-state index is 12.1. The molecule has 4 N–H and O–H groups in total. The van der Waals surface area contributed by atoms with E-state index in [1.165, 1.54) is 4.90 Å². The first-order valence-electron chi connectivity index (χ1n) is 6.60. The molecule has 2 heterocycles. The lowest BCUT2D eigenvalue weighted by Crippen LogP contribution is -2.60. The first kappa shape index (κ1) is 14.8. The van der Waals surface area contributed by atoms with E-state index in [9.17, 15) is 14.4 Å². The number of nitrogens with zero attached hydrogens (tertiary/aromatic N) is 2. The smallest absolute Gasteiger partial charge is 0.318 e. The average Bonchev–Trinajstić information content (AvgIpc) is 2.93. The molecule has 114 valence electrons. The zero-order valence-corrected chi connectivity index (χ0v) is 11.3. The summed E-state index contributed by atoms with van der Waals surface area (Å²) >= 11 is 0. The minimum Gasteiger partial charge on any atom is -0.481 e. The van der Waals surface area contributed by atoms with E-state index in [0.29, 0.717) is 19.5 Å². The Morgan fingerprint density at radius 1 is 1.52 bits per heavy atom. The highest BCUT2D eigenvalue weighted by Gasteiger charge is 2.34. The van der Waals surface area contributed by atoms with E-state index in [4.69, 9.17) is 5.11 Å². The van der Waals surface area contributed by atoms with Gasteiger partial charge in [-0.15, -0.1) is 0 Å². The van der Waals surface area contributed by atoms with E-state index in [0.717, 1.165) is 5.82 Å². The predicted octanol–water partition coefficient (Wildman–Crippen LogP) is -1.06. The maximum absolute atomic E-state index is 12.1. The quantitative estimate of drug-likeness (QED) is 0.550. The number of carboxylic acid groups (broad SMARTS) is 1. The molecule has 0 bridgehead atoms. The van der Waals surface area contributed by atoms with Crippen LogP contribution >= 0.6 is 0 Å². The van der Waals surface area contributed by atoms with Crippen LogP contribution in [0.2, 0.25) is 0 Å². The second kappa shape index (κ2) is 6.73. The van der Waals surface area contributed by atoms with Gasteiger partial charge in [-0.05, 0) is 0 Å². The number of aromatic nitrogens is 2. The van der Waals surface area contributed by atoms with E-state index in [2.05, 4.69) is 20.6 Å². The summed E-state index contributed by atoms with van der Waals surface area (Å²) in [6.07, 6.45) is 3.43. The third kappa shape index (κ3) is 3.94. The summed E-state index contributed by atoms with van der Waals surface area (Å²) in [4.78, 5) is 42.8. The molecule has 1 saturated heterocycles. The number of imidazole rings is 1. The highest BCUT2D eigenvalue weighted by atomic mass is 16.4.